The number of Topliss-reactive ketones (excluding diaryl/α,β-unsaturated/α-hetero) is 3. The van der Waals surface area contributed by atoms with Crippen LogP contribution in [0.1, 0.15) is 235 Å². The summed E-state index contributed by atoms with van der Waals surface area (Å²) in [6.07, 6.45) is 28.3. The molecule has 3 aromatic rings. The number of carbonyl (C=O) groups excluding carboxylic acids is 3. The number of carbonyl (C=O) groups is 3. The molecular formula is C71H113FN5O5+. The predicted molar refractivity (Wildman–Crippen MR) is 345 cm³/mol. The maximum Gasteiger partial charge on any atom is 0.176 e. The van der Waals surface area contributed by atoms with Gasteiger partial charge in [-0.1, -0.05) is 139 Å². The van der Waals surface area contributed by atoms with Crippen molar-refractivity contribution in [2.24, 2.45) is 29.6 Å². The second-order valence-electron chi connectivity index (χ2n) is 24.4. The Hall–Kier alpha value is -5.16. The van der Waals surface area contributed by atoms with Crippen LogP contribution in [0.4, 0.5) is 21.5 Å². The van der Waals surface area contributed by atoms with Gasteiger partial charge >= 0.3 is 0 Å². The number of unbranched alkanes of at least 4 members (excludes halogenated alkanes) is 3. The van der Waals surface area contributed by atoms with E-state index in [9.17, 15) is 18.8 Å². The second kappa shape index (κ2) is 38.6. The predicted octanol–water partition coefficient (Wildman–Crippen LogP) is 18.2. The zero-order chi connectivity index (χ0) is 60.7. The molecule has 4 aliphatic rings. The summed E-state index contributed by atoms with van der Waals surface area (Å²) in [5, 5.41) is 6.52. The molecule has 2 aromatic carbocycles. The summed E-state index contributed by atoms with van der Waals surface area (Å²) in [5.41, 5.74) is 8.94. The van der Waals surface area contributed by atoms with Crippen molar-refractivity contribution in [3.8, 4) is 0 Å². The average molecular weight is 1140 g/mol. The van der Waals surface area contributed by atoms with Crippen LogP contribution in [0, 0.1) is 63.1 Å². The van der Waals surface area contributed by atoms with Crippen LogP contribution in [0.2, 0.25) is 0 Å². The van der Waals surface area contributed by atoms with Crippen LogP contribution < -0.4 is 15.5 Å². The first kappa shape index (κ1) is 71.1. The van der Waals surface area contributed by atoms with Crippen LogP contribution >= 0.6 is 0 Å². The minimum absolute atomic E-state index is 0.0319. The lowest BCUT2D eigenvalue weighted by Crippen LogP contribution is -2.28. The van der Waals surface area contributed by atoms with Crippen molar-refractivity contribution in [2.75, 3.05) is 57.0 Å². The SMILES string of the molecule is C1CCCC1.CCCC.CCCCC(COC)C(C)C(C)C(CCC)CCC(C)C.COC1=C(c2cc(C(=O)CCC/C=C3/Nc4ccc(C)cc4N3C)cc(C)n2)C=[N+](C)CC1.Cc1cc(NC2CCC(=O)CCC2=O)cc(F)c1C. The number of ketones is 3. The van der Waals surface area contributed by atoms with Crippen LogP contribution in [0.15, 0.2) is 60.1 Å². The molecule has 2 aliphatic heterocycles. The number of methoxy groups -OCH3 is 2. The lowest BCUT2D eigenvalue weighted by atomic mass is 9.72. The molecule has 0 bridgehead atoms. The van der Waals surface area contributed by atoms with Gasteiger partial charge in [0.1, 0.15) is 42.3 Å². The summed E-state index contributed by atoms with van der Waals surface area (Å²) in [4.78, 5) is 43.1. The fourth-order valence-electron chi connectivity index (χ4n) is 11.2. The van der Waals surface area contributed by atoms with Crippen molar-refractivity contribution in [3.05, 3.63) is 99.6 Å². The van der Waals surface area contributed by atoms with Gasteiger partial charge < -0.3 is 25.0 Å². The molecule has 5 unspecified atom stereocenters. The van der Waals surface area contributed by atoms with E-state index < -0.39 is 0 Å². The molecular weight excluding hydrogens is 1020 g/mol. The van der Waals surface area contributed by atoms with E-state index in [1.165, 1.54) is 107 Å². The van der Waals surface area contributed by atoms with E-state index in [-0.39, 0.29) is 35.6 Å². The van der Waals surface area contributed by atoms with E-state index in [2.05, 4.69) is 125 Å². The van der Waals surface area contributed by atoms with Gasteiger partial charge in [-0.05, 0) is 149 Å². The molecule has 3 heterocycles. The van der Waals surface area contributed by atoms with Gasteiger partial charge in [-0.3, -0.25) is 19.4 Å². The lowest BCUT2D eigenvalue weighted by molar-refractivity contribution is -0.492. The number of hydrogen-bond donors (Lipinski definition) is 2. The van der Waals surface area contributed by atoms with Crippen LogP contribution in [0.5, 0.6) is 0 Å². The van der Waals surface area contributed by atoms with Gasteiger partial charge in [-0.25, -0.2) is 8.97 Å². The molecule has 2 saturated carbocycles. The van der Waals surface area contributed by atoms with E-state index in [4.69, 9.17) is 9.47 Å². The molecule has 2 fully saturated rings. The van der Waals surface area contributed by atoms with Crippen LogP contribution in [-0.4, -0.2) is 80.6 Å². The quantitative estimate of drug-likeness (QED) is 0.0415. The highest BCUT2D eigenvalue weighted by molar-refractivity contribution is 6.09. The number of hydrogen-bond acceptors (Lipinski definition) is 9. The van der Waals surface area contributed by atoms with Gasteiger partial charge in [-0.15, -0.1) is 0 Å². The molecule has 7 rings (SSSR count). The third-order valence-corrected chi connectivity index (χ3v) is 17.1. The number of aryl methyl sites for hydroxylation is 3. The van der Waals surface area contributed by atoms with E-state index in [1.54, 1.807) is 14.0 Å². The van der Waals surface area contributed by atoms with E-state index >= 15 is 0 Å². The zero-order valence-electron chi connectivity index (χ0n) is 54.4. The molecule has 0 radical (unpaired) electrons. The number of rotatable bonds is 23. The number of anilines is 3. The Morgan fingerprint density at radius 2 is 1.50 bits per heavy atom. The minimum atomic E-state index is -0.382. The molecule has 5 atom stereocenters. The Labute approximate surface area is 498 Å². The van der Waals surface area contributed by atoms with Crippen molar-refractivity contribution in [1.29, 1.82) is 0 Å². The summed E-state index contributed by atoms with van der Waals surface area (Å²) in [7, 11) is 7.66. The minimum Gasteiger partial charge on any atom is -0.500 e. The van der Waals surface area contributed by atoms with Gasteiger partial charge in [0.15, 0.2) is 17.8 Å². The maximum absolute atomic E-state index is 13.7. The summed E-state index contributed by atoms with van der Waals surface area (Å²) >= 11 is 0. The third kappa shape index (κ3) is 24.6. The Kier molecular flexibility index (Phi) is 33.5. The first-order valence-corrected chi connectivity index (χ1v) is 31.9. The normalized spacial score (nSPS) is 17.7. The van der Waals surface area contributed by atoms with Crippen LogP contribution in [-0.2, 0) is 19.1 Å². The molecule has 2 N–H and O–H groups in total. The highest BCUT2D eigenvalue weighted by Gasteiger charge is 2.29. The fraction of sp³-hybridized carbons (Fsp3) is 0.648. The number of nitrogens with zero attached hydrogens (tertiary/aromatic N) is 3. The van der Waals surface area contributed by atoms with Crippen molar-refractivity contribution in [1.82, 2.24) is 4.98 Å². The maximum atomic E-state index is 13.7. The molecule has 1 aromatic heterocycles. The van der Waals surface area contributed by atoms with Gasteiger partial charge in [0.05, 0.1) is 36.6 Å². The standard InChI is InChI=1S/C27H33N4O2.C20H42O.C15H18FNO2.C5H10.C4H10/c1-18-10-11-22-24(14-18)31(4)27(29-22)9-7-6-8-25(32)20-15-19(2)28-23(16-20)21-17-30(3)13-12-26(21)33-5;1-8-10-12-20(15-21-7)18(6)17(5)19(11-9-2)14-13-16(3)4;1-9-7-11(8-13(16)10(9)2)17-14-5-3-12(18)4-6-15(14)19;1-2-4-5-3-1;1-3-4-2/h9-11,14-17,29H,6-8,12-13H2,1-5H3;16-20H,8-15H2,1-7H3;7-8,14,17H,3-6H2,1-2H3;1-5H2;3-4H2,1-2H3/q+1;;;;/b27-9-;;;;. The van der Waals surface area contributed by atoms with Crippen molar-refractivity contribution < 1.29 is 32.8 Å². The molecule has 82 heavy (non-hydrogen) atoms. The van der Waals surface area contributed by atoms with Crippen LogP contribution in [0.3, 0.4) is 0 Å². The monoisotopic (exact) mass is 1130 g/mol. The average Bonchev–Trinajstić information content (AvgIpc) is 4.13. The smallest absolute Gasteiger partial charge is 0.176 e. The first-order valence-electron chi connectivity index (χ1n) is 31.9. The van der Waals surface area contributed by atoms with E-state index in [0.717, 1.165) is 102 Å². The summed E-state index contributed by atoms with van der Waals surface area (Å²) in [6.45, 7) is 28.1. The Bertz CT molecular complexity index is 2480. The Morgan fingerprint density at radius 3 is 2.11 bits per heavy atom. The highest BCUT2D eigenvalue weighted by atomic mass is 19.1. The number of allylic oxidation sites excluding steroid dienone is 2. The molecule has 0 spiro atoms. The molecule has 11 heteroatoms. The van der Waals surface area contributed by atoms with Crippen molar-refractivity contribution in [2.45, 2.75) is 230 Å². The molecule has 0 saturated heterocycles. The number of aromatic nitrogens is 1. The summed E-state index contributed by atoms with van der Waals surface area (Å²) in [5.74, 6) is 6.09. The number of benzene rings is 2. The zero-order valence-corrected chi connectivity index (χ0v) is 54.4. The number of nitrogens with one attached hydrogen (secondary N) is 2. The molecule has 10 nitrogen and oxygen atoms in total. The molecule has 458 valence electrons. The van der Waals surface area contributed by atoms with Gasteiger partial charge in [0.25, 0.3) is 0 Å². The van der Waals surface area contributed by atoms with E-state index in [0.29, 0.717) is 42.5 Å². The Morgan fingerprint density at radius 1 is 0.817 bits per heavy atom. The molecule has 0 amide bonds. The van der Waals surface area contributed by atoms with Crippen LogP contribution in [0.25, 0.3) is 5.57 Å². The second-order valence-corrected chi connectivity index (χ2v) is 24.4. The van der Waals surface area contributed by atoms with Gasteiger partial charge in [-0.2, -0.15) is 0 Å². The fourth-order valence-corrected chi connectivity index (χ4v) is 11.2. The number of halogens is 1. The lowest BCUT2D eigenvalue weighted by Gasteiger charge is -2.34. The van der Waals surface area contributed by atoms with Crippen molar-refractivity contribution >= 4 is 46.2 Å². The number of fused-ring (bicyclic) bond motifs is 1. The van der Waals surface area contributed by atoms with Crippen molar-refractivity contribution in [3.63, 3.8) is 0 Å². The largest absolute Gasteiger partial charge is 0.500 e. The molecule has 2 aliphatic carbocycles. The topological polar surface area (TPSA) is 113 Å². The van der Waals surface area contributed by atoms with E-state index in [1.807, 2.05) is 46.2 Å². The Balaban J connectivity index is 0.000000312. The summed E-state index contributed by atoms with van der Waals surface area (Å²) < 4.78 is 26.9. The highest BCUT2D eigenvalue weighted by Crippen LogP contribution is 2.37. The first-order chi connectivity index (χ1) is 39.2. The third-order valence-electron chi connectivity index (χ3n) is 17.1. The van der Waals surface area contributed by atoms with Gasteiger partial charge in [0, 0.05) is 63.4 Å². The number of pyridine rings is 1. The number of ether oxygens (including phenoxy) is 2. The summed E-state index contributed by atoms with van der Waals surface area (Å²) in [6, 6.07) is 13.1. The van der Waals surface area contributed by atoms with Gasteiger partial charge in [0.2, 0.25) is 0 Å².